The van der Waals surface area contributed by atoms with E-state index < -0.39 is 0 Å². The van der Waals surface area contributed by atoms with Gasteiger partial charge in [-0.15, -0.1) is 0 Å². The van der Waals surface area contributed by atoms with E-state index in [4.69, 9.17) is 9.47 Å². The Morgan fingerprint density at radius 1 is 0.973 bits per heavy atom. The van der Waals surface area contributed by atoms with E-state index in [9.17, 15) is 4.79 Å². The third kappa shape index (κ3) is 5.03. The Labute approximate surface area is 217 Å². The minimum atomic E-state index is 0.0589. The molecule has 6 rings (SSSR count). The van der Waals surface area contributed by atoms with Gasteiger partial charge in [-0.2, -0.15) is 0 Å². The summed E-state index contributed by atoms with van der Waals surface area (Å²) in [6.45, 7) is 6.52. The Kier molecular flexibility index (Phi) is 6.74. The van der Waals surface area contributed by atoms with Crippen LogP contribution in [0.25, 0.3) is 11.3 Å². The number of morpholine rings is 1. The maximum Gasteiger partial charge on any atom is 0.254 e. The third-order valence-corrected chi connectivity index (χ3v) is 7.82. The molecule has 3 aromatic rings. The van der Waals surface area contributed by atoms with E-state index in [1.807, 2.05) is 47.8 Å². The van der Waals surface area contributed by atoms with E-state index in [1.54, 1.807) is 0 Å². The number of ether oxygens (including phenoxy) is 2. The van der Waals surface area contributed by atoms with Gasteiger partial charge in [0.2, 0.25) is 5.95 Å². The number of fused-ring (bicyclic) bond motifs is 1. The molecule has 1 aromatic carbocycles. The summed E-state index contributed by atoms with van der Waals surface area (Å²) in [5.41, 5.74) is 5.00. The molecule has 37 heavy (non-hydrogen) atoms. The van der Waals surface area contributed by atoms with Crippen LogP contribution in [-0.4, -0.2) is 71.3 Å². The number of carbonyl (C=O) groups is 1. The van der Waals surface area contributed by atoms with Crippen molar-refractivity contribution in [2.75, 3.05) is 44.3 Å². The van der Waals surface area contributed by atoms with Crippen molar-refractivity contribution in [1.29, 1.82) is 0 Å². The summed E-state index contributed by atoms with van der Waals surface area (Å²) in [5, 5.41) is 0. The first-order valence-corrected chi connectivity index (χ1v) is 13.4. The molecule has 0 bridgehead atoms. The molecule has 0 saturated carbocycles. The summed E-state index contributed by atoms with van der Waals surface area (Å²) in [6.07, 6.45) is 9.91. The monoisotopic (exact) mass is 499 g/mol. The number of hydrogen-bond donors (Lipinski definition) is 0. The van der Waals surface area contributed by atoms with Gasteiger partial charge in [0.1, 0.15) is 11.9 Å². The standard InChI is InChI=1S/C29H33N5O3/c1-2-20-17-31-29(32-18-20)34-9-7-22(8-10-34)26-16-24-15-25(30-19-27(24)37-26)21-3-5-23(6-4-21)28(35)33-11-13-36-14-12-33/h3-6,15,17-19,22,26H,2,7-14,16H2,1H3. The predicted octanol–water partition coefficient (Wildman–Crippen LogP) is 3.79. The first-order chi connectivity index (χ1) is 18.2. The SMILES string of the molecule is CCc1cnc(N2CCC(C3Cc4cc(-c5ccc(C(=O)N6CCOCC6)cc5)ncc4O3)CC2)nc1. The zero-order chi connectivity index (χ0) is 25.2. The zero-order valence-electron chi connectivity index (χ0n) is 21.3. The Morgan fingerprint density at radius 3 is 2.41 bits per heavy atom. The van der Waals surface area contributed by atoms with Crippen LogP contribution >= 0.6 is 0 Å². The summed E-state index contributed by atoms with van der Waals surface area (Å²) in [4.78, 5) is 30.7. The number of benzene rings is 1. The van der Waals surface area contributed by atoms with E-state index in [1.165, 1.54) is 11.1 Å². The third-order valence-electron chi connectivity index (χ3n) is 7.82. The van der Waals surface area contributed by atoms with Crippen molar-refractivity contribution >= 4 is 11.9 Å². The molecule has 2 saturated heterocycles. The van der Waals surface area contributed by atoms with Gasteiger partial charge in [0, 0.05) is 61.7 Å². The summed E-state index contributed by atoms with van der Waals surface area (Å²) in [7, 11) is 0. The Bertz CT molecular complexity index is 1230. The van der Waals surface area contributed by atoms with Gasteiger partial charge in [0.25, 0.3) is 5.91 Å². The van der Waals surface area contributed by atoms with Crippen molar-refractivity contribution in [2.45, 2.75) is 38.7 Å². The number of amides is 1. The molecule has 0 aliphatic carbocycles. The quantitative estimate of drug-likeness (QED) is 0.528. The lowest BCUT2D eigenvalue weighted by molar-refractivity contribution is 0.0303. The second-order valence-electron chi connectivity index (χ2n) is 10.1. The number of aryl methyl sites for hydroxylation is 1. The number of anilines is 1. The van der Waals surface area contributed by atoms with Crippen LogP contribution in [0.4, 0.5) is 5.95 Å². The molecule has 8 heteroatoms. The summed E-state index contributed by atoms with van der Waals surface area (Å²) < 4.78 is 11.7. The Balaban J connectivity index is 1.07. The summed E-state index contributed by atoms with van der Waals surface area (Å²) >= 11 is 0. The zero-order valence-corrected chi connectivity index (χ0v) is 21.3. The second-order valence-corrected chi connectivity index (χ2v) is 10.1. The van der Waals surface area contributed by atoms with Gasteiger partial charge in [0.15, 0.2) is 0 Å². The van der Waals surface area contributed by atoms with Crippen LogP contribution in [-0.2, 0) is 17.6 Å². The lowest BCUT2D eigenvalue weighted by Gasteiger charge is -2.34. The van der Waals surface area contributed by atoms with Crippen LogP contribution in [0.3, 0.4) is 0 Å². The minimum absolute atomic E-state index is 0.0589. The molecule has 8 nitrogen and oxygen atoms in total. The van der Waals surface area contributed by atoms with Gasteiger partial charge in [0.05, 0.1) is 25.1 Å². The van der Waals surface area contributed by atoms with Gasteiger partial charge in [-0.1, -0.05) is 19.1 Å². The molecular formula is C29H33N5O3. The van der Waals surface area contributed by atoms with Crippen LogP contribution in [0, 0.1) is 5.92 Å². The molecule has 3 aliphatic rings. The number of rotatable bonds is 5. The topological polar surface area (TPSA) is 80.7 Å². The molecule has 1 unspecified atom stereocenters. The molecule has 192 valence electrons. The van der Waals surface area contributed by atoms with Gasteiger partial charge in [-0.3, -0.25) is 9.78 Å². The predicted molar refractivity (Wildman–Crippen MR) is 141 cm³/mol. The maximum absolute atomic E-state index is 12.7. The molecule has 0 spiro atoms. The van der Waals surface area contributed by atoms with E-state index in [-0.39, 0.29) is 12.0 Å². The molecule has 5 heterocycles. The van der Waals surface area contributed by atoms with Crippen molar-refractivity contribution in [3.8, 4) is 17.0 Å². The highest BCUT2D eigenvalue weighted by Gasteiger charge is 2.34. The van der Waals surface area contributed by atoms with Crippen LogP contribution in [0.1, 0.15) is 41.3 Å². The number of nitrogens with zero attached hydrogens (tertiary/aromatic N) is 5. The average Bonchev–Trinajstić information content (AvgIpc) is 3.41. The molecule has 1 atom stereocenters. The molecule has 2 aromatic heterocycles. The van der Waals surface area contributed by atoms with Crippen LogP contribution < -0.4 is 9.64 Å². The lowest BCUT2D eigenvalue weighted by Crippen LogP contribution is -2.40. The van der Waals surface area contributed by atoms with Crippen molar-refractivity contribution in [3.05, 3.63) is 65.6 Å². The first-order valence-electron chi connectivity index (χ1n) is 13.4. The van der Waals surface area contributed by atoms with Crippen molar-refractivity contribution in [2.24, 2.45) is 5.92 Å². The highest BCUT2D eigenvalue weighted by Crippen LogP contribution is 2.37. The van der Waals surface area contributed by atoms with Gasteiger partial charge >= 0.3 is 0 Å². The number of aromatic nitrogens is 3. The van der Waals surface area contributed by atoms with E-state index in [0.29, 0.717) is 37.8 Å². The fourth-order valence-electron chi connectivity index (χ4n) is 5.49. The minimum Gasteiger partial charge on any atom is -0.488 e. The molecule has 2 fully saturated rings. The maximum atomic E-state index is 12.7. The number of carbonyl (C=O) groups excluding carboxylic acids is 1. The highest BCUT2D eigenvalue weighted by atomic mass is 16.5. The Hall–Kier alpha value is -3.52. The number of hydrogen-bond acceptors (Lipinski definition) is 7. The average molecular weight is 500 g/mol. The lowest BCUT2D eigenvalue weighted by atomic mass is 9.89. The van der Waals surface area contributed by atoms with Crippen LogP contribution in [0.15, 0.2) is 48.9 Å². The fraction of sp³-hybridized carbons (Fsp3) is 0.448. The summed E-state index contributed by atoms with van der Waals surface area (Å²) in [6, 6.07) is 9.91. The van der Waals surface area contributed by atoms with E-state index >= 15 is 0 Å². The normalized spacial score (nSPS) is 20.0. The molecular weight excluding hydrogens is 466 g/mol. The van der Waals surface area contributed by atoms with Crippen LogP contribution in [0.5, 0.6) is 5.75 Å². The molecule has 0 N–H and O–H groups in total. The molecule has 3 aliphatic heterocycles. The smallest absolute Gasteiger partial charge is 0.254 e. The largest absolute Gasteiger partial charge is 0.488 e. The van der Waals surface area contributed by atoms with Crippen LogP contribution in [0.2, 0.25) is 0 Å². The van der Waals surface area contributed by atoms with Crippen molar-refractivity contribution in [3.63, 3.8) is 0 Å². The molecule has 0 radical (unpaired) electrons. The van der Waals surface area contributed by atoms with Gasteiger partial charge < -0.3 is 19.3 Å². The first kappa shape index (κ1) is 23.9. The second kappa shape index (κ2) is 10.5. The van der Waals surface area contributed by atoms with Gasteiger partial charge in [-0.25, -0.2) is 9.97 Å². The molecule has 1 amide bonds. The van der Waals surface area contributed by atoms with Crippen molar-refractivity contribution < 1.29 is 14.3 Å². The highest BCUT2D eigenvalue weighted by molar-refractivity contribution is 5.94. The summed E-state index contributed by atoms with van der Waals surface area (Å²) in [5.74, 6) is 2.29. The van der Waals surface area contributed by atoms with E-state index in [0.717, 1.165) is 61.7 Å². The number of piperidine rings is 1. The fourth-order valence-corrected chi connectivity index (χ4v) is 5.49. The van der Waals surface area contributed by atoms with Gasteiger partial charge in [-0.05, 0) is 48.9 Å². The Morgan fingerprint density at radius 2 is 1.70 bits per heavy atom. The van der Waals surface area contributed by atoms with E-state index in [2.05, 4.69) is 32.8 Å². The number of pyridine rings is 1. The van der Waals surface area contributed by atoms with Crippen molar-refractivity contribution in [1.82, 2.24) is 19.9 Å².